The van der Waals surface area contributed by atoms with Crippen LogP contribution >= 0.6 is 0 Å². The summed E-state index contributed by atoms with van der Waals surface area (Å²) >= 11 is 0. The van der Waals surface area contributed by atoms with E-state index in [4.69, 9.17) is 4.42 Å². The number of nitro groups is 1. The first-order valence-corrected chi connectivity index (χ1v) is 4.91. The Morgan fingerprint density at radius 1 is 1.56 bits per heavy atom. The molecule has 1 aliphatic heterocycles. The van der Waals surface area contributed by atoms with Gasteiger partial charge in [0.25, 0.3) is 5.91 Å². The van der Waals surface area contributed by atoms with Gasteiger partial charge in [0.15, 0.2) is 5.76 Å². The van der Waals surface area contributed by atoms with Gasteiger partial charge in [-0.05, 0) is 13.0 Å². The minimum Gasteiger partial charge on any atom is -0.400 e. The number of carbonyl (C=O) groups excluding carboxylic acids is 2. The lowest BCUT2D eigenvalue weighted by Crippen LogP contribution is -2.27. The number of amides is 3. The van der Waals surface area contributed by atoms with Crippen LogP contribution in [0.15, 0.2) is 21.7 Å². The number of carbonyl (C=O) groups is 2. The van der Waals surface area contributed by atoms with E-state index in [0.717, 1.165) is 11.2 Å². The van der Waals surface area contributed by atoms with Gasteiger partial charge in [-0.25, -0.2) is 9.80 Å². The highest BCUT2D eigenvalue weighted by atomic mass is 16.6. The van der Waals surface area contributed by atoms with Crippen molar-refractivity contribution in [3.05, 3.63) is 28.0 Å². The zero-order chi connectivity index (χ0) is 13.3. The molecule has 1 aliphatic rings. The summed E-state index contributed by atoms with van der Waals surface area (Å²) in [5.41, 5.74) is 0. The van der Waals surface area contributed by atoms with Crippen LogP contribution in [0.4, 0.5) is 10.7 Å². The topological polar surface area (TPSA) is 118 Å². The fraction of sp³-hybridized carbons (Fsp3) is 0.222. The number of hydrazone groups is 1. The Balaban J connectivity index is 2.13. The lowest BCUT2D eigenvalue weighted by Gasteiger charge is -2.09. The van der Waals surface area contributed by atoms with Gasteiger partial charge in [0.1, 0.15) is 11.0 Å². The first-order valence-electron chi connectivity index (χ1n) is 4.91. The van der Waals surface area contributed by atoms with E-state index >= 15 is 0 Å². The van der Waals surface area contributed by atoms with Crippen molar-refractivity contribution in [2.45, 2.75) is 13.0 Å². The van der Waals surface area contributed by atoms with E-state index in [1.165, 1.54) is 19.1 Å². The van der Waals surface area contributed by atoms with Gasteiger partial charge >= 0.3 is 11.9 Å². The van der Waals surface area contributed by atoms with Crippen LogP contribution in [-0.2, 0) is 4.79 Å². The number of rotatable bonds is 3. The van der Waals surface area contributed by atoms with E-state index in [9.17, 15) is 19.7 Å². The molecule has 0 bridgehead atoms. The summed E-state index contributed by atoms with van der Waals surface area (Å²) in [5.74, 6) is -0.768. The van der Waals surface area contributed by atoms with E-state index in [1.807, 2.05) is 0 Å². The van der Waals surface area contributed by atoms with Crippen molar-refractivity contribution < 1.29 is 18.9 Å². The molecule has 1 saturated heterocycles. The highest BCUT2D eigenvalue weighted by molar-refractivity contribution is 6.04. The van der Waals surface area contributed by atoms with Crippen LogP contribution in [0.5, 0.6) is 0 Å². The number of nitrogens with one attached hydrogen (secondary N) is 1. The molecule has 0 radical (unpaired) electrons. The van der Waals surface area contributed by atoms with Gasteiger partial charge in [-0.3, -0.25) is 20.2 Å². The smallest absolute Gasteiger partial charge is 0.400 e. The maximum absolute atomic E-state index is 11.3. The molecule has 9 nitrogen and oxygen atoms in total. The third-order valence-electron chi connectivity index (χ3n) is 2.29. The molecule has 94 valence electrons. The number of urea groups is 1. The summed E-state index contributed by atoms with van der Waals surface area (Å²) in [6.07, 6.45) is 1.13. The van der Waals surface area contributed by atoms with Crippen molar-refractivity contribution >= 4 is 24.0 Å². The Morgan fingerprint density at radius 3 is 2.78 bits per heavy atom. The summed E-state index contributed by atoms with van der Waals surface area (Å²) in [5, 5.41) is 17.1. The molecular weight excluding hydrogens is 244 g/mol. The van der Waals surface area contributed by atoms with Gasteiger partial charge in [-0.2, -0.15) is 5.10 Å². The minimum atomic E-state index is -0.723. The second kappa shape index (κ2) is 4.28. The molecule has 0 saturated carbocycles. The van der Waals surface area contributed by atoms with Gasteiger partial charge in [0.2, 0.25) is 0 Å². The second-order valence-electron chi connectivity index (χ2n) is 3.49. The van der Waals surface area contributed by atoms with Crippen molar-refractivity contribution in [1.82, 2.24) is 10.3 Å². The highest BCUT2D eigenvalue weighted by Gasteiger charge is 2.34. The third kappa shape index (κ3) is 2.05. The van der Waals surface area contributed by atoms with Crippen molar-refractivity contribution in [3.8, 4) is 0 Å². The van der Waals surface area contributed by atoms with E-state index in [2.05, 4.69) is 10.4 Å². The number of hydrogen-bond acceptors (Lipinski definition) is 6. The average Bonchev–Trinajstić information content (AvgIpc) is 2.85. The molecule has 0 aromatic carbocycles. The van der Waals surface area contributed by atoms with E-state index < -0.39 is 28.8 Å². The second-order valence-corrected chi connectivity index (χ2v) is 3.49. The van der Waals surface area contributed by atoms with E-state index in [1.54, 1.807) is 0 Å². The third-order valence-corrected chi connectivity index (χ3v) is 2.29. The first-order chi connectivity index (χ1) is 8.49. The molecular formula is C9H8N4O5. The predicted octanol–water partition coefficient (Wildman–Crippen LogP) is 0.462. The number of imide groups is 1. The molecule has 1 N–H and O–H groups in total. The summed E-state index contributed by atoms with van der Waals surface area (Å²) in [7, 11) is 0. The standard InChI is InChI=1S/C9H8N4O5/c1-5-8(14)11-9(15)12(5)10-4-6-2-3-7(18-6)13(16)17/h2-5H,1H3,(H,11,14,15)/b10-4+. The summed E-state index contributed by atoms with van der Waals surface area (Å²) < 4.78 is 4.81. The van der Waals surface area contributed by atoms with Crippen molar-refractivity contribution in [2.24, 2.45) is 5.10 Å². The molecule has 1 atom stereocenters. The molecule has 1 unspecified atom stereocenters. The summed E-state index contributed by atoms with van der Waals surface area (Å²) in [6.45, 7) is 1.50. The zero-order valence-electron chi connectivity index (χ0n) is 9.19. The lowest BCUT2D eigenvalue weighted by molar-refractivity contribution is -0.402. The Labute approximate surface area is 100 Å². The highest BCUT2D eigenvalue weighted by Crippen LogP contribution is 2.15. The van der Waals surface area contributed by atoms with Crippen LogP contribution in [0.25, 0.3) is 0 Å². The van der Waals surface area contributed by atoms with Gasteiger partial charge in [-0.15, -0.1) is 0 Å². The predicted molar refractivity (Wildman–Crippen MR) is 57.8 cm³/mol. The van der Waals surface area contributed by atoms with Crippen LogP contribution in [0.1, 0.15) is 12.7 Å². The normalized spacial score (nSPS) is 19.6. The van der Waals surface area contributed by atoms with Gasteiger partial charge in [0, 0.05) is 0 Å². The molecule has 1 fully saturated rings. The lowest BCUT2D eigenvalue weighted by atomic mass is 10.3. The Bertz CT molecular complexity index is 549. The van der Waals surface area contributed by atoms with E-state index in [-0.39, 0.29) is 5.76 Å². The van der Waals surface area contributed by atoms with Crippen LogP contribution < -0.4 is 5.32 Å². The molecule has 2 rings (SSSR count). The maximum atomic E-state index is 11.3. The monoisotopic (exact) mass is 252 g/mol. The Morgan fingerprint density at radius 2 is 2.28 bits per heavy atom. The zero-order valence-corrected chi connectivity index (χ0v) is 9.19. The fourth-order valence-corrected chi connectivity index (χ4v) is 1.34. The molecule has 9 heteroatoms. The van der Waals surface area contributed by atoms with Gasteiger partial charge in [-0.1, -0.05) is 0 Å². The molecule has 2 heterocycles. The number of furan rings is 1. The van der Waals surface area contributed by atoms with Gasteiger partial charge < -0.3 is 4.42 Å². The van der Waals surface area contributed by atoms with E-state index in [0.29, 0.717) is 0 Å². The molecule has 18 heavy (non-hydrogen) atoms. The van der Waals surface area contributed by atoms with Gasteiger partial charge in [0.05, 0.1) is 12.3 Å². The fourth-order valence-electron chi connectivity index (χ4n) is 1.34. The van der Waals surface area contributed by atoms with Crippen LogP contribution in [0.3, 0.4) is 0 Å². The van der Waals surface area contributed by atoms with Crippen LogP contribution in [0.2, 0.25) is 0 Å². The Hall–Kier alpha value is -2.71. The SMILES string of the molecule is CC1C(=O)NC(=O)N1/N=C/c1ccc([N+](=O)[O-])o1. The molecule has 1 aromatic heterocycles. The largest absolute Gasteiger partial charge is 0.433 e. The molecule has 0 aliphatic carbocycles. The number of nitrogens with zero attached hydrogens (tertiary/aromatic N) is 3. The van der Waals surface area contributed by atoms with Crippen molar-refractivity contribution in [3.63, 3.8) is 0 Å². The van der Waals surface area contributed by atoms with Crippen molar-refractivity contribution in [2.75, 3.05) is 0 Å². The first kappa shape index (κ1) is 11.8. The molecule has 3 amide bonds. The average molecular weight is 252 g/mol. The van der Waals surface area contributed by atoms with Crippen LogP contribution in [-0.4, -0.2) is 34.1 Å². The molecule has 1 aromatic rings. The maximum Gasteiger partial charge on any atom is 0.433 e. The summed E-state index contributed by atoms with van der Waals surface area (Å²) in [6, 6.07) is 1.13. The quantitative estimate of drug-likeness (QED) is 0.363. The molecule has 0 spiro atoms. The summed E-state index contributed by atoms with van der Waals surface area (Å²) in [4.78, 5) is 32.1. The Kier molecular flexibility index (Phi) is 2.80. The van der Waals surface area contributed by atoms with Crippen molar-refractivity contribution in [1.29, 1.82) is 0 Å². The minimum absolute atomic E-state index is 0.112. The van der Waals surface area contributed by atoms with Crippen LogP contribution in [0, 0.1) is 10.1 Å². The number of hydrogen-bond donors (Lipinski definition) is 1.